The predicted molar refractivity (Wildman–Crippen MR) is 103 cm³/mol. The lowest BCUT2D eigenvalue weighted by atomic mass is 10.0. The lowest BCUT2D eigenvalue weighted by Crippen LogP contribution is -2.29. The number of aryl methyl sites for hydroxylation is 3. The SMILES string of the molecule is Cc1ccc(NC(=O)Cn2nc(-c3ccc(C)c(C)c3)ccc2=O)cc1. The van der Waals surface area contributed by atoms with Crippen molar-refractivity contribution in [3.05, 3.63) is 81.6 Å². The van der Waals surface area contributed by atoms with Gasteiger partial charge in [-0.1, -0.05) is 29.8 Å². The maximum Gasteiger partial charge on any atom is 0.267 e. The monoisotopic (exact) mass is 347 g/mol. The van der Waals surface area contributed by atoms with E-state index in [1.165, 1.54) is 16.3 Å². The van der Waals surface area contributed by atoms with Crippen LogP contribution in [0.1, 0.15) is 16.7 Å². The second kappa shape index (κ2) is 7.35. The van der Waals surface area contributed by atoms with Crippen LogP contribution in [0.4, 0.5) is 5.69 Å². The highest BCUT2D eigenvalue weighted by Gasteiger charge is 2.09. The van der Waals surface area contributed by atoms with E-state index in [1.54, 1.807) is 6.07 Å². The summed E-state index contributed by atoms with van der Waals surface area (Å²) in [7, 11) is 0. The molecular weight excluding hydrogens is 326 g/mol. The maximum absolute atomic E-state index is 12.3. The number of carbonyl (C=O) groups is 1. The van der Waals surface area contributed by atoms with Gasteiger partial charge in [-0.05, 0) is 56.2 Å². The molecule has 0 aliphatic heterocycles. The average Bonchev–Trinajstić information content (AvgIpc) is 2.61. The number of rotatable bonds is 4. The minimum absolute atomic E-state index is 0.134. The van der Waals surface area contributed by atoms with Crippen LogP contribution in [0.5, 0.6) is 0 Å². The highest BCUT2D eigenvalue weighted by atomic mass is 16.2. The second-order valence-electron chi connectivity index (χ2n) is 6.43. The maximum atomic E-state index is 12.3. The number of hydrogen-bond donors (Lipinski definition) is 1. The molecule has 3 aromatic rings. The van der Waals surface area contributed by atoms with Gasteiger partial charge in [0.25, 0.3) is 5.56 Å². The first-order chi connectivity index (χ1) is 12.4. The number of aromatic nitrogens is 2. The second-order valence-corrected chi connectivity index (χ2v) is 6.43. The fourth-order valence-corrected chi connectivity index (χ4v) is 2.59. The van der Waals surface area contributed by atoms with Crippen molar-refractivity contribution in [2.75, 3.05) is 5.32 Å². The Bertz CT molecular complexity index is 1000. The Balaban J connectivity index is 1.81. The Hall–Kier alpha value is -3.21. The molecule has 26 heavy (non-hydrogen) atoms. The van der Waals surface area contributed by atoms with Crippen LogP contribution in [0.3, 0.4) is 0 Å². The third kappa shape index (κ3) is 4.06. The quantitative estimate of drug-likeness (QED) is 0.786. The summed E-state index contributed by atoms with van der Waals surface area (Å²) in [6.07, 6.45) is 0. The van der Waals surface area contributed by atoms with Gasteiger partial charge in [-0.3, -0.25) is 9.59 Å². The molecule has 0 unspecified atom stereocenters. The molecule has 1 aromatic heterocycles. The molecule has 0 fully saturated rings. The molecule has 0 aliphatic carbocycles. The molecule has 0 spiro atoms. The van der Waals surface area contributed by atoms with Gasteiger partial charge in [0, 0.05) is 17.3 Å². The summed E-state index contributed by atoms with van der Waals surface area (Å²) in [5, 5.41) is 7.13. The van der Waals surface area contributed by atoms with Gasteiger partial charge in [0.2, 0.25) is 5.91 Å². The summed E-state index contributed by atoms with van der Waals surface area (Å²) in [4.78, 5) is 24.3. The molecule has 0 saturated heterocycles. The topological polar surface area (TPSA) is 64.0 Å². The van der Waals surface area contributed by atoms with E-state index in [-0.39, 0.29) is 18.0 Å². The molecule has 5 heteroatoms. The van der Waals surface area contributed by atoms with Gasteiger partial charge in [-0.2, -0.15) is 5.10 Å². The smallest absolute Gasteiger partial charge is 0.267 e. The van der Waals surface area contributed by atoms with Gasteiger partial charge in [0.1, 0.15) is 6.54 Å². The van der Waals surface area contributed by atoms with E-state index >= 15 is 0 Å². The first-order valence-electron chi connectivity index (χ1n) is 8.45. The van der Waals surface area contributed by atoms with Crippen LogP contribution in [0.25, 0.3) is 11.3 Å². The molecule has 132 valence electrons. The van der Waals surface area contributed by atoms with Crippen LogP contribution in [0.2, 0.25) is 0 Å². The number of carbonyl (C=O) groups excluding carboxylic acids is 1. The summed E-state index contributed by atoms with van der Waals surface area (Å²) in [5.41, 5.74) is 5.42. The van der Waals surface area contributed by atoms with E-state index in [2.05, 4.69) is 10.4 Å². The molecule has 0 saturated carbocycles. The Morgan fingerprint density at radius 3 is 2.38 bits per heavy atom. The first kappa shape index (κ1) is 17.6. The Labute approximate surface area is 152 Å². The molecule has 5 nitrogen and oxygen atoms in total. The number of hydrogen-bond acceptors (Lipinski definition) is 3. The Kier molecular flexibility index (Phi) is 4.98. The van der Waals surface area contributed by atoms with E-state index in [4.69, 9.17) is 0 Å². The van der Waals surface area contributed by atoms with E-state index in [0.717, 1.165) is 16.7 Å². The van der Waals surface area contributed by atoms with Gasteiger partial charge in [0.05, 0.1) is 5.69 Å². The van der Waals surface area contributed by atoms with E-state index in [9.17, 15) is 9.59 Å². The number of nitrogens with one attached hydrogen (secondary N) is 1. The average molecular weight is 347 g/mol. The van der Waals surface area contributed by atoms with Gasteiger partial charge in [-0.25, -0.2) is 4.68 Å². The van der Waals surface area contributed by atoms with E-state index in [0.29, 0.717) is 11.4 Å². The minimum Gasteiger partial charge on any atom is -0.324 e. The van der Waals surface area contributed by atoms with Gasteiger partial charge >= 0.3 is 0 Å². The summed E-state index contributed by atoms with van der Waals surface area (Å²) in [6.45, 7) is 5.92. The van der Waals surface area contributed by atoms with Crippen molar-refractivity contribution in [2.45, 2.75) is 27.3 Å². The zero-order chi connectivity index (χ0) is 18.7. The number of nitrogens with zero attached hydrogens (tertiary/aromatic N) is 2. The third-order valence-corrected chi connectivity index (χ3v) is 4.30. The molecule has 1 heterocycles. The fraction of sp³-hybridized carbons (Fsp3) is 0.190. The highest BCUT2D eigenvalue weighted by molar-refractivity contribution is 5.90. The Morgan fingerprint density at radius 2 is 1.69 bits per heavy atom. The van der Waals surface area contributed by atoms with Crippen LogP contribution < -0.4 is 10.9 Å². The summed E-state index contributed by atoms with van der Waals surface area (Å²) < 4.78 is 1.19. The minimum atomic E-state index is -0.309. The summed E-state index contributed by atoms with van der Waals surface area (Å²) >= 11 is 0. The van der Waals surface area contributed by atoms with Crippen molar-refractivity contribution in [1.29, 1.82) is 0 Å². The van der Waals surface area contributed by atoms with Gasteiger partial charge < -0.3 is 5.32 Å². The zero-order valence-corrected chi connectivity index (χ0v) is 15.1. The molecule has 0 atom stereocenters. The van der Waals surface area contributed by atoms with Gasteiger partial charge in [0.15, 0.2) is 0 Å². The fourth-order valence-electron chi connectivity index (χ4n) is 2.59. The summed E-state index contributed by atoms with van der Waals surface area (Å²) in [6, 6.07) is 16.6. The van der Waals surface area contributed by atoms with Crippen LogP contribution in [0, 0.1) is 20.8 Å². The molecule has 2 aromatic carbocycles. The molecule has 0 bridgehead atoms. The van der Waals surface area contributed by atoms with Crippen molar-refractivity contribution in [1.82, 2.24) is 9.78 Å². The van der Waals surface area contributed by atoms with Gasteiger partial charge in [-0.15, -0.1) is 0 Å². The number of amides is 1. The molecule has 1 amide bonds. The lowest BCUT2D eigenvalue weighted by Gasteiger charge is -2.09. The molecule has 0 aliphatic rings. The van der Waals surface area contributed by atoms with Crippen LogP contribution >= 0.6 is 0 Å². The summed E-state index contributed by atoms with van der Waals surface area (Å²) in [5.74, 6) is -0.291. The normalized spacial score (nSPS) is 10.6. The van der Waals surface area contributed by atoms with Crippen LogP contribution in [-0.4, -0.2) is 15.7 Å². The molecule has 1 N–H and O–H groups in total. The lowest BCUT2D eigenvalue weighted by molar-refractivity contribution is -0.117. The van der Waals surface area contributed by atoms with Crippen molar-refractivity contribution < 1.29 is 4.79 Å². The van der Waals surface area contributed by atoms with Crippen molar-refractivity contribution >= 4 is 11.6 Å². The largest absolute Gasteiger partial charge is 0.324 e. The van der Waals surface area contributed by atoms with E-state index in [1.807, 2.05) is 63.2 Å². The number of anilines is 1. The third-order valence-electron chi connectivity index (χ3n) is 4.30. The van der Waals surface area contributed by atoms with Crippen LogP contribution in [0.15, 0.2) is 59.4 Å². The first-order valence-corrected chi connectivity index (χ1v) is 8.45. The van der Waals surface area contributed by atoms with Crippen molar-refractivity contribution in [3.63, 3.8) is 0 Å². The van der Waals surface area contributed by atoms with Crippen molar-refractivity contribution in [2.24, 2.45) is 0 Å². The molecule has 3 rings (SSSR count). The standard InChI is InChI=1S/C21H21N3O2/c1-14-4-8-18(9-5-14)22-20(25)13-24-21(26)11-10-19(23-24)17-7-6-15(2)16(3)12-17/h4-12H,13H2,1-3H3,(H,22,25). The highest BCUT2D eigenvalue weighted by Crippen LogP contribution is 2.19. The number of benzene rings is 2. The van der Waals surface area contributed by atoms with Crippen LogP contribution in [-0.2, 0) is 11.3 Å². The Morgan fingerprint density at radius 1 is 0.962 bits per heavy atom. The molecular formula is C21H21N3O2. The zero-order valence-electron chi connectivity index (χ0n) is 15.1. The van der Waals surface area contributed by atoms with E-state index < -0.39 is 0 Å². The predicted octanol–water partition coefficient (Wildman–Crippen LogP) is 3.47. The molecule has 0 radical (unpaired) electrons. The van der Waals surface area contributed by atoms with Crippen molar-refractivity contribution in [3.8, 4) is 11.3 Å².